The van der Waals surface area contributed by atoms with Gasteiger partial charge in [0.1, 0.15) is 17.9 Å². The zero-order chi connectivity index (χ0) is 22.3. The molecule has 2 heterocycles. The Labute approximate surface area is 176 Å². The van der Waals surface area contributed by atoms with Gasteiger partial charge in [-0.2, -0.15) is 0 Å². The Morgan fingerprint density at radius 1 is 1.23 bits per heavy atom. The van der Waals surface area contributed by atoms with E-state index in [2.05, 4.69) is 5.16 Å². The highest BCUT2D eigenvalue weighted by atomic mass is 16.6. The van der Waals surface area contributed by atoms with E-state index in [0.29, 0.717) is 16.7 Å². The number of ether oxygens (including phenoxy) is 2. The summed E-state index contributed by atoms with van der Waals surface area (Å²) in [5.41, 5.74) is -0.170. The summed E-state index contributed by atoms with van der Waals surface area (Å²) >= 11 is 0. The van der Waals surface area contributed by atoms with Gasteiger partial charge in [0.25, 0.3) is 5.91 Å². The minimum Gasteiger partial charge on any atom is -0.493 e. The van der Waals surface area contributed by atoms with Gasteiger partial charge in [-0.25, -0.2) is 4.79 Å². The molecule has 1 aliphatic heterocycles. The van der Waals surface area contributed by atoms with Crippen molar-refractivity contribution in [2.75, 3.05) is 26.2 Å². The van der Waals surface area contributed by atoms with Crippen molar-refractivity contribution in [1.82, 2.24) is 0 Å². The summed E-state index contributed by atoms with van der Waals surface area (Å²) in [6, 6.07) is 4.84. The molecule has 3 unspecified atom stereocenters. The minimum atomic E-state index is -1.20. The molecule has 0 saturated heterocycles. The van der Waals surface area contributed by atoms with Gasteiger partial charge in [-0.15, -0.1) is 0 Å². The summed E-state index contributed by atoms with van der Waals surface area (Å²) in [7, 11) is 4.30. The highest BCUT2D eigenvalue weighted by Crippen LogP contribution is 2.35. The maximum absolute atomic E-state index is 12.9. The Morgan fingerprint density at radius 3 is 2.71 bits per heavy atom. The van der Waals surface area contributed by atoms with Gasteiger partial charge >= 0.3 is 5.63 Å². The summed E-state index contributed by atoms with van der Waals surface area (Å²) in [6.07, 6.45) is 1.22. The van der Waals surface area contributed by atoms with Crippen molar-refractivity contribution in [2.45, 2.75) is 18.3 Å². The number of hydrogen-bond acceptors (Lipinski definition) is 9. The fraction of sp³-hybridized carbons (Fsp3) is 0.286. The Kier molecular flexibility index (Phi) is 5.25. The highest BCUT2D eigenvalue weighted by Gasteiger charge is 2.36. The number of benzene rings is 1. The second kappa shape index (κ2) is 7.89. The average Bonchev–Trinajstić information content (AvgIpc) is 2.79. The van der Waals surface area contributed by atoms with E-state index in [1.165, 1.54) is 39.5 Å². The van der Waals surface area contributed by atoms with Crippen LogP contribution in [0.25, 0.3) is 11.0 Å². The van der Waals surface area contributed by atoms with E-state index in [-0.39, 0.29) is 22.7 Å². The molecule has 2 aliphatic rings. The lowest BCUT2D eigenvalue weighted by Crippen LogP contribution is -2.44. The summed E-state index contributed by atoms with van der Waals surface area (Å²) in [5.74, 6) is 0.0495. The van der Waals surface area contributed by atoms with Gasteiger partial charge in [-0.3, -0.25) is 4.79 Å². The number of anilines is 1. The number of amides is 1. The molecule has 1 amide bonds. The van der Waals surface area contributed by atoms with Crippen molar-refractivity contribution < 1.29 is 33.7 Å². The summed E-state index contributed by atoms with van der Waals surface area (Å²) in [6.45, 7) is 0. The molecule has 1 aromatic heterocycles. The summed E-state index contributed by atoms with van der Waals surface area (Å²) in [4.78, 5) is 31.9. The van der Waals surface area contributed by atoms with E-state index in [4.69, 9.17) is 18.7 Å². The van der Waals surface area contributed by atoms with E-state index < -0.39 is 29.8 Å². The fourth-order valence-electron chi connectivity index (χ4n) is 3.45. The molecule has 0 saturated carbocycles. The van der Waals surface area contributed by atoms with Crippen molar-refractivity contribution in [3.63, 3.8) is 0 Å². The van der Waals surface area contributed by atoms with Gasteiger partial charge in [0.05, 0.1) is 14.2 Å². The van der Waals surface area contributed by atoms with Gasteiger partial charge < -0.3 is 33.8 Å². The predicted octanol–water partition coefficient (Wildman–Crippen LogP) is 0.746. The zero-order valence-electron chi connectivity index (χ0n) is 16.9. The number of hydrogen-bond donors (Lipinski definition) is 2. The molecule has 0 spiro atoms. The molecule has 1 aromatic carbocycles. The van der Waals surface area contributed by atoms with Crippen molar-refractivity contribution in [2.24, 2.45) is 5.16 Å². The quantitative estimate of drug-likeness (QED) is 0.682. The Hall–Kier alpha value is -3.63. The number of aliphatic hydroxyl groups is 2. The molecular weight excluding hydrogens is 408 g/mol. The average molecular weight is 428 g/mol. The molecule has 0 radical (unpaired) electrons. The molecule has 1 aliphatic carbocycles. The molecule has 0 bridgehead atoms. The molecule has 2 aromatic rings. The third-order valence-corrected chi connectivity index (χ3v) is 5.15. The first-order chi connectivity index (χ1) is 14.8. The lowest BCUT2D eigenvalue weighted by Gasteiger charge is -2.30. The van der Waals surface area contributed by atoms with E-state index in [0.717, 1.165) is 4.90 Å². The second-order valence-electron chi connectivity index (χ2n) is 6.99. The van der Waals surface area contributed by atoms with Gasteiger partial charge in [-0.1, -0.05) is 17.3 Å². The van der Waals surface area contributed by atoms with Crippen LogP contribution >= 0.6 is 0 Å². The number of methoxy groups -OCH3 is 2. The van der Waals surface area contributed by atoms with E-state index >= 15 is 0 Å². The van der Waals surface area contributed by atoms with Crippen LogP contribution in [0, 0.1) is 0 Å². The van der Waals surface area contributed by atoms with Crippen molar-refractivity contribution in [3.05, 3.63) is 52.4 Å². The maximum Gasteiger partial charge on any atom is 0.360 e. The van der Waals surface area contributed by atoms with Crippen LogP contribution in [0.1, 0.15) is 0 Å². The molecule has 2 N–H and O–H groups in total. The maximum atomic E-state index is 12.9. The van der Waals surface area contributed by atoms with Gasteiger partial charge in [0.2, 0.25) is 5.75 Å². The Bertz CT molecular complexity index is 1200. The molecule has 10 heteroatoms. The van der Waals surface area contributed by atoms with Gasteiger partial charge in [0, 0.05) is 18.0 Å². The minimum absolute atomic E-state index is 0.0115. The van der Waals surface area contributed by atoms with Crippen molar-refractivity contribution in [3.8, 4) is 11.5 Å². The molecule has 162 valence electrons. The number of rotatable bonds is 4. The largest absolute Gasteiger partial charge is 0.493 e. The predicted molar refractivity (Wildman–Crippen MR) is 111 cm³/mol. The van der Waals surface area contributed by atoms with Crippen molar-refractivity contribution in [1.29, 1.82) is 0 Å². The highest BCUT2D eigenvalue weighted by molar-refractivity contribution is 6.47. The van der Waals surface area contributed by atoms with Gasteiger partial charge in [-0.05, 0) is 24.3 Å². The number of oxime groups is 1. The number of fused-ring (bicyclic) bond motifs is 2. The molecule has 31 heavy (non-hydrogen) atoms. The van der Waals surface area contributed by atoms with E-state index in [1.54, 1.807) is 18.2 Å². The monoisotopic (exact) mass is 428 g/mol. The SMILES string of the molecule is COc1ccc2cc(N(C)C(=O)C3=NOC4C(=C3)C=CC(O)C4O)c(=O)oc2c1OC. The molecule has 4 rings (SSSR count). The molecule has 10 nitrogen and oxygen atoms in total. The van der Waals surface area contributed by atoms with Crippen molar-refractivity contribution >= 4 is 28.3 Å². The summed E-state index contributed by atoms with van der Waals surface area (Å²) < 4.78 is 15.9. The van der Waals surface area contributed by atoms with Crippen LogP contribution in [0.15, 0.2) is 56.4 Å². The Morgan fingerprint density at radius 2 is 2.00 bits per heavy atom. The number of nitrogens with zero attached hydrogens (tertiary/aromatic N) is 2. The third kappa shape index (κ3) is 3.45. The van der Waals surface area contributed by atoms with Crippen LogP contribution in [0.3, 0.4) is 0 Å². The van der Waals surface area contributed by atoms with Crippen LogP contribution in [0.4, 0.5) is 5.69 Å². The van der Waals surface area contributed by atoms with Crippen LogP contribution < -0.4 is 20.0 Å². The van der Waals surface area contributed by atoms with Crippen LogP contribution in [0.5, 0.6) is 11.5 Å². The number of aliphatic hydroxyl groups excluding tert-OH is 2. The molecule has 3 atom stereocenters. The third-order valence-electron chi connectivity index (χ3n) is 5.15. The second-order valence-corrected chi connectivity index (χ2v) is 6.99. The van der Waals surface area contributed by atoms with E-state index in [1.807, 2.05) is 0 Å². The Balaban J connectivity index is 1.68. The molecule has 0 fully saturated rings. The van der Waals surface area contributed by atoms with E-state index in [9.17, 15) is 19.8 Å². The number of carbonyl (C=O) groups excluding carboxylic acids is 1. The fourth-order valence-corrected chi connectivity index (χ4v) is 3.45. The van der Waals surface area contributed by atoms with Crippen LogP contribution in [0.2, 0.25) is 0 Å². The van der Waals surface area contributed by atoms with Gasteiger partial charge in [0.15, 0.2) is 23.1 Å². The lowest BCUT2D eigenvalue weighted by atomic mass is 9.92. The first-order valence-electron chi connectivity index (χ1n) is 9.32. The first kappa shape index (κ1) is 20.6. The van der Waals surface area contributed by atoms with Crippen LogP contribution in [-0.4, -0.2) is 61.4 Å². The molecular formula is C21H20N2O8. The van der Waals surface area contributed by atoms with Crippen LogP contribution in [-0.2, 0) is 9.63 Å². The normalized spacial score (nSPS) is 22.2. The standard InChI is InChI=1S/C21H20N2O8/c1-23(20(26)12-8-10-4-6-14(24)16(25)17(10)31-22-12)13-9-11-5-7-15(28-2)19(29-3)18(11)30-21(13)27/h4-9,14,16-17,24-25H,1-3H3. The number of carbonyl (C=O) groups is 1. The smallest absolute Gasteiger partial charge is 0.360 e. The lowest BCUT2D eigenvalue weighted by molar-refractivity contribution is -0.112. The summed E-state index contributed by atoms with van der Waals surface area (Å²) in [5, 5.41) is 24.0. The topological polar surface area (TPSA) is 131 Å². The first-order valence-corrected chi connectivity index (χ1v) is 9.32. The zero-order valence-corrected chi connectivity index (χ0v) is 16.9.